The molecule has 0 atom stereocenters. The van der Waals surface area contributed by atoms with Gasteiger partial charge in [-0.05, 0) is 49.3 Å². The Balaban J connectivity index is 1.92. The van der Waals surface area contributed by atoms with Gasteiger partial charge in [-0.15, -0.1) is 0 Å². The Bertz CT molecular complexity index is 956. The molecule has 0 unspecified atom stereocenters. The standard InChI is InChI=1S/C22H19F6N3O/c1-13(2)31-11-16(7-14-3-5-18(29-9-14)21(23,24)25)20(32)17(12-31)8-15-4-6-19(30-10-15)22(26,27)28/h3-10,13H,11-12H2,1-2H3/b16-7+,17-8+. The smallest absolute Gasteiger partial charge is 0.292 e. The third kappa shape index (κ3) is 5.61. The van der Waals surface area contributed by atoms with E-state index in [1.807, 2.05) is 18.7 Å². The number of alkyl halides is 6. The molecule has 2 aromatic heterocycles. The Morgan fingerprint density at radius 1 is 0.812 bits per heavy atom. The molecule has 1 saturated heterocycles. The summed E-state index contributed by atoms with van der Waals surface area (Å²) in [5, 5.41) is 0. The Morgan fingerprint density at radius 2 is 1.22 bits per heavy atom. The van der Waals surface area contributed by atoms with E-state index in [0.29, 0.717) is 22.3 Å². The fourth-order valence-electron chi connectivity index (χ4n) is 3.15. The van der Waals surface area contributed by atoms with Crippen molar-refractivity contribution in [2.45, 2.75) is 32.2 Å². The largest absolute Gasteiger partial charge is 0.433 e. The summed E-state index contributed by atoms with van der Waals surface area (Å²) in [5.41, 5.74) is -0.706. The molecule has 0 radical (unpaired) electrons. The van der Waals surface area contributed by atoms with E-state index in [2.05, 4.69) is 9.97 Å². The van der Waals surface area contributed by atoms with Crippen molar-refractivity contribution in [2.75, 3.05) is 13.1 Å². The molecule has 0 aromatic carbocycles. The second kappa shape index (κ2) is 8.85. The van der Waals surface area contributed by atoms with Crippen LogP contribution in [-0.4, -0.2) is 39.8 Å². The van der Waals surface area contributed by atoms with E-state index >= 15 is 0 Å². The van der Waals surface area contributed by atoms with Crippen LogP contribution >= 0.6 is 0 Å². The second-order valence-electron chi connectivity index (χ2n) is 7.62. The number of aromatic nitrogens is 2. The van der Waals surface area contributed by atoms with E-state index in [9.17, 15) is 31.1 Å². The highest BCUT2D eigenvalue weighted by atomic mass is 19.4. The van der Waals surface area contributed by atoms with Gasteiger partial charge in [-0.3, -0.25) is 19.7 Å². The van der Waals surface area contributed by atoms with Crippen molar-refractivity contribution >= 4 is 17.9 Å². The molecule has 1 aliphatic heterocycles. The summed E-state index contributed by atoms with van der Waals surface area (Å²) in [6.45, 7) is 4.40. The van der Waals surface area contributed by atoms with E-state index < -0.39 is 23.7 Å². The van der Waals surface area contributed by atoms with Gasteiger partial charge in [-0.2, -0.15) is 26.3 Å². The molecule has 1 aliphatic rings. The number of halogens is 6. The monoisotopic (exact) mass is 455 g/mol. The third-order valence-corrected chi connectivity index (χ3v) is 4.90. The Morgan fingerprint density at radius 3 is 1.50 bits per heavy atom. The van der Waals surface area contributed by atoms with Crippen LogP contribution in [0.5, 0.6) is 0 Å². The van der Waals surface area contributed by atoms with Crippen LogP contribution in [0.1, 0.15) is 36.4 Å². The Labute approximate surface area is 180 Å². The first-order chi connectivity index (χ1) is 14.8. The number of hydrogen-bond acceptors (Lipinski definition) is 4. The van der Waals surface area contributed by atoms with Gasteiger partial charge in [0.15, 0.2) is 5.78 Å². The van der Waals surface area contributed by atoms with Crippen molar-refractivity contribution in [3.05, 3.63) is 70.3 Å². The van der Waals surface area contributed by atoms with E-state index in [0.717, 1.165) is 24.5 Å². The van der Waals surface area contributed by atoms with Crippen LogP contribution in [0, 0.1) is 0 Å². The third-order valence-electron chi connectivity index (χ3n) is 4.90. The molecule has 3 rings (SSSR count). The molecule has 3 heterocycles. The van der Waals surface area contributed by atoms with Gasteiger partial charge in [-0.25, -0.2) is 0 Å². The lowest BCUT2D eigenvalue weighted by atomic mass is 9.94. The van der Waals surface area contributed by atoms with Gasteiger partial charge in [0.2, 0.25) is 0 Å². The average Bonchev–Trinajstić information content (AvgIpc) is 2.70. The van der Waals surface area contributed by atoms with E-state index in [4.69, 9.17) is 0 Å². The maximum atomic E-state index is 13.0. The number of ketones is 1. The van der Waals surface area contributed by atoms with E-state index in [1.54, 1.807) is 0 Å². The quantitative estimate of drug-likeness (QED) is 0.467. The molecule has 170 valence electrons. The van der Waals surface area contributed by atoms with Crippen molar-refractivity contribution in [3.63, 3.8) is 0 Å². The number of carbonyl (C=O) groups excluding carboxylic acids is 1. The molecular weight excluding hydrogens is 436 g/mol. The number of Topliss-reactive ketones (excluding diaryl/α,β-unsaturated/α-hetero) is 1. The minimum Gasteiger partial charge on any atom is -0.292 e. The van der Waals surface area contributed by atoms with Crippen LogP contribution in [-0.2, 0) is 17.1 Å². The van der Waals surface area contributed by atoms with Gasteiger partial charge < -0.3 is 0 Å². The SMILES string of the molecule is CC(C)N1C/C(=C\c2ccc(C(F)(F)F)nc2)C(=O)/C(=C/c2ccc(C(F)(F)F)nc2)C1. The van der Waals surface area contributed by atoms with Crippen molar-refractivity contribution in [3.8, 4) is 0 Å². The molecule has 1 fully saturated rings. The van der Waals surface area contributed by atoms with Gasteiger partial charge in [0.05, 0.1) is 0 Å². The highest BCUT2D eigenvalue weighted by Gasteiger charge is 2.33. The molecule has 0 N–H and O–H groups in total. The van der Waals surface area contributed by atoms with Gasteiger partial charge in [0.25, 0.3) is 0 Å². The number of piperidine rings is 1. The van der Waals surface area contributed by atoms with Crippen LogP contribution < -0.4 is 0 Å². The first-order valence-corrected chi connectivity index (χ1v) is 9.61. The topological polar surface area (TPSA) is 46.1 Å². The highest BCUT2D eigenvalue weighted by Crippen LogP contribution is 2.29. The minimum atomic E-state index is -4.56. The summed E-state index contributed by atoms with van der Waals surface area (Å²) in [6.07, 6.45) is -4.09. The van der Waals surface area contributed by atoms with Gasteiger partial charge in [-0.1, -0.05) is 12.1 Å². The zero-order valence-corrected chi connectivity index (χ0v) is 17.1. The summed E-state index contributed by atoms with van der Waals surface area (Å²) in [6, 6.07) is 4.18. The molecule has 4 nitrogen and oxygen atoms in total. The minimum absolute atomic E-state index is 0.0476. The van der Waals surface area contributed by atoms with Crippen molar-refractivity contribution in [2.24, 2.45) is 0 Å². The Hall–Kier alpha value is -3.01. The fourth-order valence-corrected chi connectivity index (χ4v) is 3.15. The van der Waals surface area contributed by atoms with Gasteiger partial charge in [0, 0.05) is 42.7 Å². The lowest BCUT2D eigenvalue weighted by Gasteiger charge is -2.32. The number of carbonyl (C=O) groups is 1. The van der Waals surface area contributed by atoms with E-state index in [-0.39, 0.29) is 24.9 Å². The number of pyridine rings is 2. The van der Waals surface area contributed by atoms with Crippen LogP contribution in [0.4, 0.5) is 26.3 Å². The molecule has 0 amide bonds. The summed E-state index contributed by atoms with van der Waals surface area (Å²) >= 11 is 0. The molecular formula is C22H19F6N3O. The molecule has 10 heteroatoms. The van der Waals surface area contributed by atoms with Gasteiger partial charge in [0.1, 0.15) is 11.4 Å². The first kappa shape index (κ1) is 23.6. The highest BCUT2D eigenvalue weighted by molar-refractivity contribution is 6.14. The second-order valence-corrected chi connectivity index (χ2v) is 7.62. The number of nitrogens with zero attached hydrogens (tertiary/aromatic N) is 3. The maximum absolute atomic E-state index is 13.0. The van der Waals surface area contributed by atoms with Crippen LogP contribution in [0.3, 0.4) is 0 Å². The molecule has 2 aromatic rings. The average molecular weight is 455 g/mol. The van der Waals surface area contributed by atoms with Gasteiger partial charge >= 0.3 is 12.4 Å². The zero-order chi connectivity index (χ0) is 23.7. The molecule has 0 spiro atoms. The fraction of sp³-hybridized carbons (Fsp3) is 0.318. The molecule has 0 aliphatic carbocycles. The number of rotatable bonds is 3. The van der Waals surface area contributed by atoms with Crippen molar-refractivity contribution in [1.82, 2.24) is 14.9 Å². The van der Waals surface area contributed by atoms with Crippen LogP contribution in [0.15, 0.2) is 47.8 Å². The lowest BCUT2D eigenvalue weighted by molar-refractivity contribution is -0.142. The summed E-state index contributed by atoms with van der Waals surface area (Å²) in [4.78, 5) is 21.8. The number of hydrogen-bond donors (Lipinski definition) is 0. The maximum Gasteiger partial charge on any atom is 0.433 e. The molecule has 32 heavy (non-hydrogen) atoms. The number of likely N-dealkylation sites (tertiary alicyclic amines) is 1. The van der Waals surface area contributed by atoms with Crippen LogP contribution in [0.25, 0.3) is 12.2 Å². The summed E-state index contributed by atoms with van der Waals surface area (Å²) < 4.78 is 76.3. The predicted octanol–water partition coefficient (Wildman–Crippen LogP) is 5.27. The van der Waals surface area contributed by atoms with E-state index in [1.165, 1.54) is 24.3 Å². The normalized spacial score (nSPS) is 18.7. The summed E-state index contributed by atoms with van der Waals surface area (Å²) in [7, 11) is 0. The Kier molecular flexibility index (Phi) is 6.54. The molecule has 0 bridgehead atoms. The van der Waals surface area contributed by atoms with Crippen molar-refractivity contribution < 1.29 is 31.1 Å². The van der Waals surface area contributed by atoms with Crippen LogP contribution in [0.2, 0.25) is 0 Å². The molecule has 0 saturated carbocycles. The first-order valence-electron chi connectivity index (χ1n) is 9.61. The van der Waals surface area contributed by atoms with Crippen molar-refractivity contribution in [1.29, 1.82) is 0 Å². The summed E-state index contributed by atoms with van der Waals surface area (Å²) in [5.74, 6) is -0.332. The lowest BCUT2D eigenvalue weighted by Crippen LogP contribution is -2.41. The predicted molar refractivity (Wildman–Crippen MR) is 106 cm³/mol. The zero-order valence-electron chi connectivity index (χ0n) is 17.1.